The smallest absolute Gasteiger partial charge is 0.220 e. The molecule has 0 aliphatic heterocycles. The topological polar surface area (TPSA) is 69.6 Å². The molecule has 0 aromatic carbocycles. The van der Waals surface area contributed by atoms with Crippen LogP contribution in [0.3, 0.4) is 0 Å². The fraction of sp³-hybridized carbons (Fsp3) is 0.955. The zero-order chi connectivity index (χ0) is 51.3. The van der Waals surface area contributed by atoms with Gasteiger partial charge in [0.2, 0.25) is 5.91 Å². The Hall–Kier alpha value is -0.870. The molecule has 2 unspecified atom stereocenters. The Morgan fingerprint density at radius 3 is 0.732 bits per heavy atom. The van der Waals surface area contributed by atoms with Gasteiger partial charge in [0.25, 0.3) is 0 Å². The Bertz CT molecular complexity index is 998. The van der Waals surface area contributed by atoms with Crippen LogP contribution in [0.2, 0.25) is 0 Å². The largest absolute Gasteiger partial charge is 0.394 e. The molecule has 0 aromatic heterocycles. The first kappa shape index (κ1) is 70.1. The third kappa shape index (κ3) is 59.9. The summed E-state index contributed by atoms with van der Waals surface area (Å²) in [4.78, 5) is 12.5. The fourth-order valence-corrected chi connectivity index (χ4v) is 11.0. The number of allylic oxidation sites excluding steroid dienone is 1. The molecule has 0 radical (unpaired) electrons. The van der Waals surface area contributed by atoms with Crippen LogP contribution in [0.5, 0.6) is 0 Å². The second kappa shape index (κ2) is 63.4. The summed E-state index contributed by atoms with van der Waals surface area (Å²) in [7, 11) is 0. The van der Waals surface area contributed by atoms with Gasteiger partial charge < -0.3 is 15.5 Å². The molecule has 0 aliphatic carbocycles. The van der Waals surface area contributed by atoms with Crippen LogP contribution in [-0.2, 0) is 4.79 Å². The van der Waals surface area contributed by atoms with Gasteiger partial charge in [0.15, 0.2) is 0 Å². The summed E-state index contributed by atoms with van der Waals surface area (Å²) in [5.74, 6) is -0.0537. The third-order valence-corrected chi connectivity index (χ3v) is 16.0. The Labute approximate surface area is 447 Å². The monoisotopic (exact) mass is 1000 g/mol. The molecule has 4 nitrogen and oxygen atoms in total. The molecule has 0 fully saturated rings. The molecule has 424 valence electrons. The van der Waals surface area contributed by atoms with Crippen molar-refractivity contribution in [2.75, 3.05) is 6.61 Å². The molecule has 1 amide bonds. The highest BCUT2D eigenvalue weighted by atomic mass is 16.3. The lowest BCUT2D eigenvalue weighted by molar-refractivity contribution is -0.123. The molecule has 4 heteroatoms. The summed E-state index contributed by atoms with van der Waals surface area (Å²) >= 11 is 0. The van der Waals surface area contributed by atoms with E-state index in [1.54, 1.807) is 6.08 Å². The molecular formula is C67H133NO3. The van der Waals surface area contributed by atoms with Gasteiger partial charge in [-0.15, -0.1) is 0 Å². The molecule has 3 N–H and O–H groups in total. The third-order valence-electron chi connectivity index (χ3n) is 16.0. The van der Waals surface area contributed by atoms with Crippen LogP contribution in [-0.4, -0.2) is 34.9 Å². The van der Waals surface area contributed by atoms with Gasteiger partial charge in [-0.2, -0.15) is 0 Å². The number of carbonyl (C=O) groups excluding carboxylic acids is 1. The van der Waals surface area contributed by atoms with Crippen molar-refractivity contribution in [3.05, 3.63) is 12.2 Å². The lowest BCUT2D eigenvalue weighted by atomic mass is 10.0. The van der Waals surface area contributed by atoms with Crippen molar-refractivity contribution in [2.45, 2.75) is 405 Å². The number of aliphatic hydroxyl groups excluding tert-OH is 2. The summed E-state index contributed by atoms with van der Waals surface area (Å²) < 4.78 is 0. The van der Waals surface area contributed by atoms with Crippen molar-refractivity contribution in [3.63, 3.8) is 0 Å². The summed E-state index contributed by atoms with van der Waals surface area (Å²) in [5, 5.41) is 23.3. The van der Waals surface area contributed by atoms with Crippen molar-refractivity contribution >= 4 is 5.91 Å². The van der Waals surface area contributed by atoms with Crippen LogP contribution in [0.4, 0.5) is 0 Å². The number of rotatable bonds is 63. The molecule has 0 aromatic rings. The highest BCUT2D eigenvalue weighted by Crippen LogP contribution is 2.19. The van der Waals surface area contributed by atoms with Crippen molar-refractivity contribution in [3.8, 4) is 0 Å². The first-order chi connectivity index (χ1) is 35.2. The Balaban J connectivity index is 3.38. The van der Waals surface area contributed by atoms with Gasteiger partial charge in [0.1, 0.15) is 0 Å². The van der Waals surface area contributed by atoms with E-state index in [1.807, 2.05) is 6.08 Å². The van der Waals surface area contributed by atoms with Crippen molar-refractivity contribution in [2.24, 2.45) is 0 Å². The first-order valence-corrected chi connectivity index (χ1v) is 33.4. The van der Waals surface area contributed by atoms with Gasteiger partial charge in [0.05, 0.1) is 18.8 Å². The molecule has 0 rings (SSSR count). The van der Waals surface area contributed by atoms with Crippen molar-refractivity contribution in [1.29, 1.82) is 0 Å². The molecule has 71 heavy (non-hydrogen) atoms. The van der Waals surface area contributed by atoms with Crippen molar-refractivity contribution in [1.82, 2.24) is 5.32 Å². The van der Waals surface area contributed by atoms with Gasteiger partial charge in [0, 0.05) is 6.42 Å². The Morgan fingerprint density at radius 2 is 0.521 bits per heavy atom. The molecule has 0 saturated heterocycles. The minimum Gasteiger partial charge on any atom is -0.394 e. The maximum atomic E-state index is 12.5. The molecule has 0 aliphatic rings. The second-order valence-corrected chi connectivity index (χ2v) is 23.3. The summed E-state index contributed by atoms with van der Waals surface area (Å²) in [6, 6.07) is -0.619. The van der Waals surface area contributed by atoms with E-state index >= 15 is 0 Å². The maximum Gasteiger partial charge on any atom is 0.220 e. The molecular weight excluding hydrogens is 867 g/mol. The number of hydrogen-bond donors (Lipinski definition) is 3. The summed E-state index contributed by atoms with van der Waals surface area (Å²) in [6.07, 6.45) is 84.4. The van der Waals surface area contributed by atoms with E-state index in [-0.39, 0.29) is 12.5 Å². The molecule has 0 bridgehead atoms. The van der Waals surface area contributed by atoms with Gasteiger partial charge in [-0.1, -0.05) is 379 Å². The number of hydrogen-bond acceptors (Lipinski definition) is 3. The second-order valence-electron chi connectivity index (χ2n) is 23.3. The summed E-state index contributed by atoms with van der Waals surface area (Å²) in [5.41, 5.74) is 0. The SMILES string of the molecule is CCCCCCCCCCCCCCCCCCCCCCC/C=C/C(O)C(CO)NC(=O)CCCCCCCCCCCCCCCCCCCCCCCCCCCCCCCCCCCCCC. The van der Waals surface area contributed by atoms with E-state index in [9.17, 15) is 15.0 Å². The van der Waals surface area contributed by atoms with Gasteiger partial charge >= 0.3 is 0 Å². The van der Waals surface area contributed by atoms with Crippen LogP contribution >= 0.6 is 0 Å². The normalized spacial score (nSPS) is 12.7. The predicted molar refractivity (Wildman–Crippen MR) is 318 cm³/mol. The molecule has 0 saturated carbocycles. The van der Waals surface area contributed by atoms with E-state index in [0.29, 0.717) is 6.42 Å². The van der Waals surface area contributed by atoms with Gasteiger partial charge in [-0.05, 0) is 19.3 Å². The van der Waals surface area contributed by atoms with Crippen molar-refractivity contribution < 1.29 is 15.0 Å². The predicted octanol–water partition coefficient (Wildman–Crippen LogP) is 22.4. The standard InChI is InChI=1S/C67H133NO3/c1-3-5-7-9-11-13-15-17-19-21-23-25-27-28-29-30-31-32-33-34-35-36-37-38-39-41-43-45-47-49-51-53-55-57-59-61-63-67(71)68-65(64-69)66(70)62-60-58-56-54-52-50-48-46-44-42-40-26-24-22-20-18-16-14-12-10-8-6-4-2/h60,62,65-66,69-70H,3-59,61,63-64H2,1-2H3,(H,68,71)/b62-60+. The minimum atomic E-state index is -0.836. The first-order valence-electron chi connectivity index (χ1n) is 33.4. The molecule has 2 atom stereocenters. The van der Waals surface area contributed by atoms with Crippen LogP contribution < -0.4 is 5.32 Å². The lowest BCUT2D eigenvalue weighted by Crippen LogP contribution is -2.45. The summed E-state index contributed by atoms with van der Waals surface area (Å²) in [6.45, 7) is 4.36. The maximum absolute atomic E-state index is 12.5. The van der Waals surface area contributed by atoms with Crippen LogP contribution in [0.25, 0.3) is 0 Å². The zero-order valence-corrected chi connectivity index (χ0v) is 49.0. The zero-order valence-electron chi connectivity index (χ0n) is 49.0. The quantitative estimate of drug-likeness (QED) is 0.0420. The highest BCUT2D eigenvalue weighted by molar-refractivity contribution is 5.76. The number of amides is 1. The van der Waals surface area contributed by atoms with Crippen LogP contribution in [0.15, 0.2) is 12.2 Å². The fourth-order valence-electron chi connectivity index (χ4n) is 11.0. The molecule has 0 spiro atoms. The average Bonchev–Trinajstić information content (AvgIpc) is 3.37. The van der Waals surface area contributed by atoms with E-state index in [1.165, 1.54) is 347 Å². The van der Waals surface area contributed by atoms with E-state index < -0.39 is 12.1 Å². The molecule has 0 heterocycles. The number of aliphatic hydroxyl groups is 2. The Kier molecular flexibility index (Phi) is 62.6. The van der Waals surface area contributed by atoms with Gasteiger partial charge in [-0.3, -0.25) is 4.79 Å². The van der Waals surface area contributed by atoms with E-state index in [2.05, 4.69) is 19.2 Å². The Morgan fingerprint density at radius 1 is 0.324 bits per heavy atom. The number of carbonyl (C=O) groups is 1. The van der Waals surface area contributed by atoms with E-state index in [0.717, 1.165) is 25.7 Å². The lowest BCUT2D eigenvalue weighted by Gasteiger charge is -2.20. The minimum absolute atomic E-state index is 0.0537. The van der Waals surface area contributed by atoms with Crippen LogP contribution in [0, 0.1) is 0 Å². The average molecular weight is 1000 g/mol. The number of nitrogens with one attached hydrogen (secondary N) is 1. The van der Waals surface area contributed by atoms with Gasteiger partial charge in [-0.25, -0.2) is 0 Å². The van der Waals surface area contributed by atoms with E-state index in [4.69, 9.17) is 0 Å². The highest BCUT2D eigenvalue weighted by Gasteiger charge is 2.18. The number of unbranched alkanes of at least 4 members (excludes halogenated alkanes) is 56. The van der Waals surface area contributed by atoms with Crippen LogP contribution in [0.1, 0.15) is 393 Å².